The first-order valence-corrected chi connectivity index (χ1v) is 9.56. The Bertz CT molecular complexity index is 460. The van der Waals surface area contributed by atoms with Crippen LogP contribution < -0.4 is 5.32 Å². The number of piperidine rings is 2. The van der Waals surface area contributed by atoms with Crippen LogP contribution in [-0.4, -0.2) is 71.4 Å². The summed E-state index contributed by atoms with van der Waals surface area (Å²) < 4.78 is 2.16. The fraction of sp³-hybridized carbons (Fsp3) is 0.833. The summed E-state index contributed by atoms with van der Waals surface area (Å²) in [5, 5.41) is 8.09. The van der Waals surface area contributed by atoms with Crippen molar-refractivity contribution in [2.24, 2.45) is 5.92 Å². The summed E-state index contributed by atoms with van der Waals surface area (Å²) in [6.07, 6.45) is 10.7. The van der Waals surface area contributed by atoms with E-state index in [4.69, 9.17) is 0 Å². The van der Waals surface area contributed by atoms with Crippen LogP contribution in [0.3, 0.4) is 0 Å². The number of hydrogen-bond acceptors (Lipinski definition) is 4. The Balaban J connectivity index is 1.34. The zero-order valence-corrected chi connectivity index (χ0v) is 14.2. The van der Waals surface area contributed by atoms with Crippen LogP contribution in [-0.2, 0) is 0 Å². The molecule has 0 spiro atoms. The number of nitrogens with zero attached hydrogens (tertiary/aromatic N) is 4. The van der Waals surface area contributed by atoms with Crippen molar-refractivity contribution in [1.29, 1.82) is 0 Å². The first-order chi connectivity index (χ1) is 11.4. The maximum atomic E-state index is 4.44. The van der Waals surface area contributed by atoms with Gasteiger partial charge in [-0.25, -0.2) is 0 Å². The number of rotatable bonds is 4. The van der Waals surface area contributed by atoms with Crippen molar-refractivity contribution in [1.82, 2.24) is 24.9 Å². The minimum atomic E-state index is 0.606. The van der Waals surface area contributed by atoms with Gasteiger partial charge in [0.05, 0.1) is 6.04 Å². The van der Waals surface area contributed by atoms with Gasteiger partial charge in [0.1, 0.15) is 0 Å². The van der Waals surface area contributed by atoms with Crippen molar-refractivity contribution in [2.75, 3.05) is 45.8 Å². The zero-order valence-electron chi connectivity index (χ0n) is 14.2. The van der Waals surface area contributed by atoms with E-state index < -0.39 is 0 Å². The van der Waals surface area contributed by atoms with Gasteiger partial charge in [0.25, 0.3) is 0 Å². The second-order valence-corrected chi connectivity index (χ2v) is 7.58. The second kappa shape index (κ2) is 7.32. The molecular formula is C18H31N5. The molecule has 0 bridgehead atoms. The molecule has 4 heterocycles. The van der Waals surface area contributed by atoms with Crippen molar-refractivity contribution in [3.63, 3.8) is 0 Å². The van der Waals surface area contributed by atoms with Gasteiger partial charge in [-0.05, 0) is 63.7 Å². The van der Waals surface area contributed by atoms with Crippen molar-refractivity contribution >= 4 is 0 Å². The molecule has 3 saturated heterocycles. The van der Waals surface area contributed by atoms with Gasteiger partial charge >= 0.3 is 0 Å². The number of aromatic nitrogens is 2. The van der Waals surface area contributed by atoms with E-state index in [-0.39, 0.29) is 0 Å². The maximum absolute atomic E-state index is 4.44. The highest BCUT2D eigenvalue weighted by molar-refractivity contribution is 4.91. The Labute approximate surface area is 140 Å². The highest BCUT2D eigenvalue weighted by atomic mass is 15.3. The monoisotopic (exact) mass is 317 g/mol. The van der Waals surface area contributed by atoms with Gasteiger partial charge in [-0.1, -0.05) is 0 Å². The van der Waals surface area contributed by atoms with Crippen LogP contribution in [0.15, 0.2) is 18.5 Å². The molecule has 3 aliphatic heterocycles. The molecule has 1 N–H and O–H groups in total. The predicted molar refractivity (Wildman–Crippen MR) is 92.5 cm³/mol. The van der Waals surface area contributed by atoms with Gasteiger partial charge in [-0.15, -0.1) is 0 Å². The van der Waals surface area contributed by atoms with Gasteiger partial charge in [0.2, 0.25) is 0 Å². The summed E-state index contributed by atoms with van der Waals surface area (Å²) in [7, 11) is 0. The molecule has 0 aliphatic carbocycles. The lowest BCUT2D eigenvalue weighted by Gasteiger charge is -2.44. The number of nitrogens with one attached hydrogen (secondary N) is 1. The molecule has 1 aromatic heterocycles. The Morgan fingerprint density at radius 3 is 2.61 bits per heavy atom. The first kappa shape index (κ1) is 15.6. The van der Waals surface area contributed by atoms with Gasteiger partial charge < -0.3 is 10.2 Å². The normalized spacial score (nSPS) is 31.7. The van der Waals surface area contributed by atoms with Crippen molar-refractivity contribution in [3.05, 3.63) is 18.5 Å². The van der Waals surface area contributed by atoms with E-state index >= 15 is 0 Å². The molecule has 4 rings (SSSR count). The minimum Gasteiger partial charge on any atom is -0.315 e. The number of hydrogen-bond donors (Lipinski definition) is 1. The van der Waals surface area contributed by atoms with Crippen LogP contribution >= 0.6 is 0 Å². The molecule has 128 valence electrons. The van der Waals surface area contributed by atoms with Crippen LogP contribution in [0.1, 0.15) is 38.1 Å². The third kappa shape index (κ3) is 3.62. The quantitative estimate of drug-likeness (QED) is 0.915. The Kier molecular flexibility index (Phi) is 4.97. The smallest absolute Gasteiger partial charge is 0.0543 e. The molecule has 0 radical (unpaired) electrons. The maximum Gasteiger partial charge on any atom is 0.0543 e. The SMILES string of the molecule is c1cnn(C2CCN(C3CNCCC3CN3CCCC3)CC2)c1. The fourth-order valence-electron chi connectivity index (χ4n) is 4.81. The summed E-state index contributed by atoms with van der Waals surface area (Å²) >= 11 is 0. The van der Waals surface area contributed by atoms with Crippen molar-refractivity contribution in [3.8, 4) is 0 Å². The Morgan fingerprint density at radius 1 is 1.04 bits per heavy atom. The third-order valence-electron chi connectivity index (χ3n) is 6.15. The molecule has 2 unspecified atom stereocenters. The summed E-state index contributed by atoms with van der Waals surface area (Å²) in [6.45, 7) is 8.84. The Morgan fingerprint density at radius 2 is 1.87 bits per heavy atom. The molecule has 0 amide bonds. The first-order valence-electron chi connectivity index (χ1n) is 9.56. The predicted octanol–water partition coefficient (Wildman–Crippen LogP) is 1.59. The summed E-state index contributed by atoms with van der Waals surface area (Å²) in [5.74, 6) is 0.857. The van der Waals surface area contributed by atoms with Crippen LogP contribution in [0.2, 0.25) is 0 Å². The van der Waals surface area contributed by atoms with E-state index in [0.717, 1.165) is 12.0 Å². The molecule has 3 aliphatic rings. The molecule has 1 aromatic rings. The van der Waals surface area contributed by atoms with E-state index in [1.165, 1.54) is 77.9 Å². The highest BCUT2D eigenvalue weighted by Gasteiger charge is 2.34. The summed E-state index contributed by atoms with van der Waals surface area (Å²) in [5.41, 5.74) is 0. The van der Waals surface area contributed by atoms with Gasteiger partial charge in [-0.3, -0.25) is 9.58 Å². The summed E-state index contributed by atoms with van der Waals surface area (Å²) in [6, 6.07) is 3.39. The molecule has 2 atom stereocenters. The average molecular weight is 317 g/mol. The molecular weight excluding hydrogens is 286 g/mol. The molecule has 0 aromatic carbocycles. The van der Waals surface area contributed by atoms with Crippen LogP contribution in [0.25, 0.3) is 0 Å². The topological polar surface area (TPSA) is 36.3 Å². The molecule has 23 heavy (non-hydrogen) atoms. The van der Waals surface area contributed by atoms with Crippen LogP contribution in [0.4, 0.5) is 0 Å². The summed E-state index contributed by atoms with van der Waals surface area (Å²) in [4.78, 5) is 5.48. The lowest BCUT2D eigenvalue weighted by molar-refractivity contribution is 0.0622. The molecule has 5 heteroatoms. The van der Waals surface area contributed by atoms with Gasteiger partial charge in [-0.2, -0.15) is 5.10 Å². The van der Waals surface area contributed by atoms with Crippen molar-refractivity contribution < 1.29 is 0 Å². The minimum absolute atomic E-state index is 0.606. The second-order valence-electron chi connectivity index (χ2n) is 7.58. The largest absolute Gasteiger partial charge is 0.315 e. The lowest BCUT2D eigenvalue weighted by Crippen LogP contribution is -2.55. The van der Waals surface area contributed by atoms with Gasteiger partial charge in [0.15, 0.2) is 0 Å². The molecule has 5 nitrogen and oxygen atoms in total. The average Bonchev–Trinajstić information content (AvgIpc) is 3.29. The van der Waals surface area contributed by atoms with Gasteiger partial charge in [0, 0.05) is 44.6 Å². The highest BCUT2D eigenvalue weighted by Crippen LogP contribution is 2.28. The fourth-order valence-corrected chi connectivity index (χ4v) is 4.81. The molecule has 0 saturated carbocycles. The van der Waals surface area contributed by atoms with Crippen LogP contribution in [0, 0.1) is 5.92 Å². The van der Waals surface area contributed by atoms with E-state index in [1.54, 1.807) is 0 Å². The van der Waals surface area contributed by atoms with E-state index in [1.807, 2.05) is 12.3 Å². The molecule has 3 fully saturated rings. The Hall–Kier alpha value is -0.910. The zero-order chi connectivity index (χ0) is 15.5. The van der Waals surface area contributed by atoms with Crippen LogP contribution in [0.5, 0.6) is 0 Å². The lowest BCUT2D eigenvalue weighted by atomic mass is 9.89. The van der Waals surface area contributed by atoms with Crippen molar-refractivity contribution in [2.45, 2.75) is 44.2 Å². The van der Waals surface area contributed by atoms with E-state index in [0.29, 0.717) is 6.04 Å². The standard InChI is InChI=1S/C18H31N5/c1-2-10-21(9-1)15-16-4-8-19-14-18(16)22-12-5-17(6-13-22)23-11-3-7-20-23/h3,7,11,16-19H,1-2,4-6,8-10,12-15H2. The third-order valence-corrected chi connectivity index (χ3v) is 6.15. The van der Waals surface area contributed by atoms with E-state index in [9.17, 15) is 0 Å². The number of likely N-dealkylation sites (tertiary alicyclic amines) is 2. The van der Waals surface area contributed by atoms with E-state index in [2.05, 4.69) is 31.1 Å².